The molecule has 2 heterocycles. The minimum Gasteiger partial charge on any atom is -0.374 e. The van der Waals surface area contributed by atoms with Crippen molar-refractivity contribution in [2.24, 2.45) is 0 Å². The molecule has 2 aromatic heterocycles. The molecule has 98 valence electrons. The first kappa shape index (κ1) is 13.4. The number of aryl methyl sites for hydroxylation is 1. The van der Waals surface area contributed by atoms with Gasteiger partial charge in [-0.05, 0) is 20.9 Å². The molecule has 0 aromatic carbocycles. The van der Waals surface area contributed by atoms with Gasteiger partial charge in [0, 0.05) is 36.5 Å². The fourth-order valence-electron chi connectivity index (χ4n) is 1.68. The molecule has 1 N–H and O–H groups in total. The average molecular weight is 283 g/mol. The summed E-state index contributed by atoms with van der Waals surface area (Å²) in [6.45, 7) is 6.63. The van der Waals surface area contributed by atoms with Gasteiger partial charge in [-0.3, -0.25) is 4.90 Å². The quantitative estimate of drug-likeness (QED) is 0.882. The van der Waals surface area contributed by atoms with Crippen molar-refractivity contribution in [2.45, 2.75) is 26.9 Å². The Hall–Kier alpha value is -1.05. The second kappa shape index (κ2) is 6.21. The summed E-state index contributed by atoms with van der Waals surface area (Å²) in [7, 11) is 2.07. The van der Waals surface area contributed by atoms with E-state index in [-0.39, 0.29) is 0 Å². The number of aromatic nitrogens is 3. The maximum Gasteiger partial charge on any atom is 0.134 e. The lowest BCUT2D eigenvalue weighted by molar-refractivity contribution is 0.312. The van der Waals surface area contributed by atoms with Crippen LogP contribution in [0.2, 0.25) is 0 Å². The number of nitrogens with one attached hydrogen (secondary N) is 1. The van der Waals surface area contributed by atoms with Crippen LogP contribution in [0, 0.1) is 6.92 Å². The van der Waals surface area contributed by atoms with Gasteiger partial charge in [0.1, 0.15) is 10.7 Å². The van der Waals surface area contributed by atoms with Gasteiger partial charge in [0.15, 0.2) is 0 Å². The number of rotatable bonds is 6. The van der Waals surface area contributed by atoms with Crippen molar-refractivity contribution in [1.29, 1.82) is 0 Å². The summed E-state index contributed by atoms with van der Waals surface area (Å²) >= 11 is 3.10. The van der Waals surface area contributed by atoms with Crippen LogP contribution in [0.5, 0.6) is 0 Å². The van der Waals surface area contributed by atoms with E-state index in [2.05, 4.69) is 44.1 Å². The molecule has 2 aromatic rings. The van der Waals surface area contributed by atoms with E-state index in [0.29, 0.717) is 0 Å². The maximum atomic E-state index is 4.47. The van der Waals surface area contributed by atoms with Crippen molar-refractivity contribution in [3.8, 4) is 0 Å². The molecule has 2 rings (SSSR count). The molecule has 0 amide bonds. The lowest BCUT2D eigenvalue weighted by Gasteiger charge is -2.14. The van der Waals surface area contributed by atoms with E-state index in [0.717, 1.165) is 41.0 Å². The minimum absolute atomic E-state index is 0.787. The fourth-order valence-corrected chi connectivity index (χ4v) is 2.92. The SMILES string of the molecule is CCNc1snnc1CN(C)Cc1csc(C)n1. The second-order valence-corrected chi connectivity index (χ2v) is 5.93. The van der Waals surface area contributed by atoms with Crippen LogP contribution >= 0.6 is 22.9 Å². The zero-order valence-corrected chi connectivity index (χ0v) is 12.4. The minimum atomic E-state index is 0.787. The van der Waals surface area contributed by atoms with Crippen molar-refractivity contribution in [2.75, 3.05) is 18.9 Å². The van der Waals surface area contributed by atoms with Crippen molar-refractivity contribution in [1.82, 2.24) is 19.5 Å². The van der Waals surface area contributed by atoms with E-state index >= 15 is 0 Å². The number of anilines is 1. The van der Waals surface area contributed by atoms with E-state index in [1.54, 1.807) is 11.3 Å². The van der Waals surface area contributed by atoms with Gasteiger partial charge in [-0.2, -0.15) is 0 Å². The maximum absolute atomic E-state index is 4.47. The second-order valence-electron chi connectivity index (χ2n) is 4.11. The van der Waals surface area contributed by atoms with E-state index in [1.807, 2.05) is 6.92 Å². The molecule has 7 heteroatoms. The van der Waals surface area contributed by atoms with Gasteiger partial charge in [-0.15, -0.1) is 16.4 Å². The molecule has 18 heavy (non-hydrogen) atoms. The normalized spacial score (nSPS) is 11.1. The van der Waals surface area contributed by atoms with E-state index < -0.39 is 0 Å². The van der Waals surface area contributed by atoms with Crippen molar-refractivity contribution in [3.05, 3.63) is 21.8 Å². The zero-order chi connectivity index (χ0) is 13.0. The third-order valence-electron chi connectivity index (χ3n) is 2.41. The third kappa shape index (κ3) is 3.47. The first-order valence-corrected chi connectivity index (χ1v) is 7.49. The smallest absolute Gasteiger partial charge is 0.134 e. The Bertz CT molecular complexity index is 493. The first-order valence-electron chi connectivity index (χ1n) is 5.83. The Labute approximate surface area is 115 Å². The molecule has 0 spiro atoms. The Balaban J connectivity index is 1.94. The van der Waals surface area contributed by atoms with E-state index in [1.165, 1.54) is 11.5 Å². The molecule has 0 aliphatic heterocycles. The molecule has 5 nitrogen and oxygen atoms in total. The highest BCUT2D eigenvalue weighted by Crippen LogP contribution is 2.19. The van der Waals surface area contributed by atoms with Crippen LogP contribution in [0.4, 0.5) is 5.00 Å². The molecule has 0 saturated heterocycles. The molecule has 0 aliphatic carbocycles. The predicted octanol–water partition coefficient (Wildman–Crippen LogP) is 2.37. The Morgan fingerprint density at radius 2 is 2.22 bits per heavy atom. The molecular formula is C11H17N5S2. The Kier molecular flexibility index (Phi) is 4.62. The predicted molar refractivity (Wildman–Crippen MR) is 76.1 cm³/mol. The van der Waals surface area contributed by atoms with Crippen LogP contribution in [-0.4, -0.2) is 33.1 Å². The summed E-state index contributed by atoms with van der Waals surface area (Å²) < 4.78 is 3.99. The summed E-state index contributed by atoms with van der Waals surface area (Å²) in [5.41, 5.74) is 2.13. The topological polar surface area (TPSA) is 53.9 Å². The molecule has 0 saturated carbocycles. The van der Waals surface area contributed by atoms with Crippen LogP contribution in [0.15, 0.2) is 5.38 Å². The van der Waals surface area contributed by atoms with E-state index in [9.17, 15) is 0 Å². The summed E-state index contributed by atoms with van der Waals surface area (Å²) in [4.78, 5) is 6.67. The largest absolute Gasteiger partial charge is 0.374 e. The number of hydrogen-bond donors (Lipinski definition) is 1. The van der Waals surface area contributed by atoms with Gasteiger partial charge < -0.3 is 5.32 Å². The van der Waals surface area contributed by atoms with Gasteiger partial charge in [-0.1, -0.05) is 4.49 Å². The summed E-state index contributed by atoms with van der Waals surface area (Å²) in [5.74, 6) is 0. The molecule has 0 radical (unpaired) electrons. The van der Waals surface area contributed by atoms with Crippen LogP contribution in [0.25, 0.3) is 0 Å². The Morgan fingerprint density at radius 1 is 1.39 bits per heavy atom. The molecule has 0 fully saturated rings. The Morgan fingerprint density at radius 3 is 2.89 bits per heavy atom. The number of hydrogen-bond acceptors (Lipinski definition) is 7. The summed E-state index contributed by atoms with van der Waals surface area (Å²) in [6.07, 6.45) is 0. The van der Waals surface area contributed by atoms with Crippen LogP contribution < -0.4 is 5.32 Å². The van der Waals surface area contributed by atoms with Crippen molar-refractivity contribution >= 4 is 27.9 Å². The van der Waals surface area contributed by atoms with Crippen molar-refractivity contribution in [3.63, 3.8) is 0 Å². The molecule has 0 unspecified atom stereocenters. The van der Waals surface area contributed by atoms with Crippen molar-refractivity contribution < 1.29 is 0 Å². The zero-order valence-electron chi connectivity index (χ0n) is 10.8. The highest BCUT2D eigenvalue weighted by atomic mass is 32.1. The highest BCUT2D eigenvalue weighted by Gasteiger charge is 2.11. The molecule has 0 bridgehead atoms. The number of nitrogens with zero attached hydrogens (tertiary/aromatic N) is 4. The lowest BCUT2D eigenvalue weighted by Crippen LogP contribution is -2.18. The monoisotopic (exact) mass is 283 g/mol. The molecule has 0 atom stereocenters. The molecular weight excluding hydrogens is 266 g/mol. The summed E-state index contributed by atoms with van der Waals surface area (Å²) in [6, 6.07) is 0. The third-order valence-corrected chi connectivity index (χ3v) is 3.96. The van der Waals surface area contributed by atoms with E-state index in [4.69, 9.17) is 0 Å². The molecule has 0 aliphatic rings. The average Bonchev–Trinajstić information content (AvgIpc) is 2.90. The van der Waals surface area contributed by atoms with Crippen LogP contribution in [-0.2, 0) is 13.1 Å². The first-order chi connectivity index (χ1) is 8.69. The van der Waals surface area contributed by atoms with Gasteiger partial charge in [0.25, 0.3) is 0 Å². The number of thiazole rings is 1. The van der Waals surface area contributed by atoms with Crippen LogP contribution in [0.1, 0.15) is 23.3 Å². The van der Waals surface area contributed by atoms with Crippen LogP contribution in [0.3, 0.4) is 0 Å². The summed E-state index contributed by atoms with van der Waals surface area (Å²) in [5, 5.41) is 11.7. The van der Waals surface area contributed by atoms with Gasteiger partial charge in [-0.25, -0.2) is 4.98 Å². The van der Waals surface area contributed by atoms with Gasteiger partial charge in [0.2, 0.25) is 0 Å². The van der Waals surface area contributed by atoms with Gasteiger partial charge >= 0.3 is 0 Å². The van der Waals surface area contributed by atoms with Gasteiger partial charge in [0.05, 0.1) is 10.7 Å². The fraction of sp³-hybridized carbons (Fsp3) is 0.545. The lowest BCUT2D eigenvalue weighted by atomic mass is 10.3. The highest BCUT2D eigenvalue weighted by molar-refractivity contribution is 7.10. The standard InChI is InChI=1S/C11H17N5S2/c1-4-12-11-10(14-15-18-11)6-16(3)5-9-7-17-8(2)13-9/h7,12H,4-6H2,1-3H3.